The van der Waals surface area contributed by atoms with Crippen LogP contribution >= 0.6 is 24.8 Å². The second-order valence-electron chi connectivity index (χ2n) is 5.51. The Bertz CT molecular complexity index is 484. The number of nitrogens with one attached hydrogen (secondary N) is 1. The Morgan fingerprint density at radius 2 is 2.00 bits per heavy atom. The van der Waals surface area contributed by atoms with E-state index in [0.29, 0.717) is 6.61 Å². The summed E-state index contributed by atoms with van der Waals surface area (Å²) >= 11 is 0. The lowest BCUT2D eigenvalue weighted by Crippen LogP contribution is -2.59. The lowest BCUT2D eigenvalue weighted by molar-refractivity contribution is -0.139. The molecule has 2 fully saturated rings. The number of pyridine rings is 1. The molecule has 0 saturated carbocycles. The van der Waals surface area contributed by atoms with Crippen LogP contribution in [-0.4, -0.2) is 67.3 Å². The highest BCUT2D eigenvalue weighted by molar-refractivity contribution is 5.85. The highest BCUT2D eigenvalue weighted by Crippen LogP contribution is 2.14. The molecule has 1 aromatic rings. The third kappa shape index (κ3) is 4.70. The summed E-state index contributed by atoms with van der Waals surface area (Å²) in [5.74, 6) is 1.14. The predicted octanol–water partition coefficient (Wildman–Crippen LogP) is 0.951. The van der Waals surface area contributed by atoms with E-state index in [-0.39, 0.29) is 42.9 Å². The molecule has 3 heterocycles. The smallest absolute Gasteiger partial charge is 0.242 e. The fourth-order valence-electron chi connectivity index (χ4n) is 2.90. The molecule has 6 nitrogen and oxygen atoms in total. The summed E-state index contributed by atoms with van der Waals surface area (Å²) in [5, 5.41) is 3.27. The average Bonchev–Trinajstić information content (AvgIpc) is 2.56. The Labute approximate surface area is 149 Å². The third-order valence-electron chi connectivity index (χ3n) is 4.15. The predicted molar refractivity (Wildman–Crippen MR) is 94.7 cm³/mol. The van der Waals surface area contributed by atoms with Crippen LogP contribution in [-0.2, 0) is 9.53 Å². The highest BCUT2D eigenvalue weighted by Gasteiger charge is 2.33. The van der Waals surface area contributed by atoms with E-state index in [1.54, 1.807) is 6.20 Å². The van der Waals surface area contributed by atoms with Crippen molar-refractivity contribution in [3.05, 3.63) is 24.4 Å². The number of ether oxygens (including phenoxy) is 1. The van der Waals surface area contributed by atoms with Crippen LogP contribution in [0.5, 0.6) is 0 Å². The highest BCUT2D eigenvalue weighted by atomic mass is 35.5. The molecule has 2 aliphatic heterocycles. The maximum Gasteiger partial charge on any atom is 0.242 e. The molecule has 0 bridgehead atoms. The van der Waals surface area contributed by atoms with Gasteiger partial charge in [-0.15, -0.1) is 24.8 Å². The molecule has 0 spiro atoms. The van der Waals surface area contributed by atoms with Gasteiger partial charge in [-0.25, -0.2) is 4.98 Å². The van der Waals surface area contributed by atoms with Crippen molar-refractivity contribution in [2.75, 3.05) is 44.2 Å². The average molecular weight is 363 g/mol. The normalized spacial score (nSPS) is 24.4. The van der Waals surface area contributed by atoms with E-state index in [4.69, 9.17) is 4.74 Å². The number of morpholine rings is 1. The summed E-state index contributed by atoms with van der Waals surface area (Å²) in [6.07, 6.45) is 1.75. The molecule has 0 unspecified atom stereocenters. The van der Waals surface area contributed by atoms with Gasteiger partial charge < -0.3 is 19.9 Å². The summed E-state index contributed by atoms with van der Waals surface area (Å²) in [5.41, 5.74) is 0. The lowest BCUT2D eigenvalue weighted by atomic mass is 10.1. The third-order valence-corrected chi connectivity index (χ3v) is 4.15. The second kappa shape index (κ2) is 9.27. The minimum atomic E-state index is -0.208. The number of amides is 1. The molecule has 23 heavy (non-hydrogen) atoms. The number of piperazine rings is 1. The van der Waals surface area contributed by atoms with E-state index >= 15 is 0 Å². The summed E-state index contributed by atoms with van der Waals surface area (Å²) in [6, 6.07) is 5.71. The molecule has 3 rings (SSSR count). The number of aromatic nitrogens is 1. The Morgan fingerprint density at radius 1 is 1.26 bits per heavy atom. The Kier molecular flexibility index (Phi) is 8.05. The van der Waals surface area contributed by atoms with Crippen LogP contribution in [0.4, 0.5) is 5.82 Å². The number of anilines is 1. The van der Waals surface area contributed by atoms with Crippen molar-refractivity contribution in [3.63, 3.8) is 0 Å². The van der Waals surface area contributed by atoms with Crippen LogP contribution < -0.4 is 10.2 Å². The van der Waals surface area contributed by atoms with Crippen LogP contribution in [0.25, 0.3) is 0 Å². The minimum absolute atomic E-state index is 0. The number of carbonyl (C=O) groups excluding carboxylic acids is 1. The SMILES string of the molecule is C[C@H]1OCCN[C@@H]1C(=O)N1CCN(c2ccccn2)CC1.Cl.Cl. The van der Waals surface area contributed by atoms with E-state index in [1.165, 1.54) is 0 Å². The van der Waals surface area contributed by atoms with Crippen LogP contribution in [0.15, 0.2) is 24.4 Å². The van der Waals surface area contributed by atoms with Gasteiger partial charge in [0.15, 0.2) is 0 Å². The maximum atomic E-state index is 12.6. The van der Waals surface area contributed by atoms with Gasteiger partial charge in [-0.3, -0.25) is 4.79 Å². The summed E-state index contributed by atoms with van der Waals surface area (Å²) in [6.45, 7) is 6.50. The van der Waals surface area contributed by atoms with E-state index in [1.807, 2.05) is 30.0 Å². The van der Waals surface area contributed by atoms with Gasteiger partial charge in [0.2, 0.25) is 5.91 Å². The summed E-state index contributed by atoms with van der Waals surface area (Å²) in [4.78, 5) is 21.1. The summed E-state index contributed by atoms with van der Waals surface area (Å²) < 4.78 is 5.56. The van der Waals surface area contributed by atoms with Crippen molar-refractivity contribution >= 4 is 36.5 Å². The van der Waals surface area contributed by atoms with Crippen molar-refractivity contribution in [3.8, 4) is 0 Å². The van der Waals surface area contributed by atoms with Crippen molar-refractivity contribution < 1.29 is 9.53 Å². The van der Waals surface area contributed by atoms with E-state index in [0.717, 1.165) is 38.5 Å². The van der Waals surface area contributed by atoms with Crippen molar-refractivity contribution in [1.29, 1.82) is 0 Å². The molecule has 2 atom stereocenters. The molecular formula is C15H24Cl2N4O2. The first-order valence-corrected chi connectivity index (χ1v) is 7.55. The van der Waals surface area contributed by atoms with Gasteiger partial charge in [0.25, 0.3) is 0 Å². The van der Waals surface area contributed by atoms with Gasteiger partial charge in [0.05, 0.1) is 12.7 Å². The van der Waals surface area contributed by atoms with Crippen molar-refractivity contribution in [1.82, 2.24) is 15.2 Å². The molecule has 1 aromatic heterocycles. The quantitative estimate of drug-likeness (QED) is 0.848. The van der Waals surface area contributed by atoms with Gasteiger partial charge >= 0.3 is 0 Å². The first-order chi connectivity index (χ1) is 10.3. The zero-order valence-corrected chi connectivity index (χ0v) is 14.8. The number of rotatable bonds is 2. The standard InChI is InChI=1S/C15H22N4O2.2ClH/c1-12-14(17-6-11-21-12)15(20)19-9-7-18(8-10-19)13-4-2-3-5-16-13;;/h2-5,12,14,17H,6-11H2,1H3;2*1H/t12-,14+;;/m1../s1. The van der Waals surface area contributed by atoms with Crippen LogP contribution in [0.1, 0.15) is 6.92 Å². The van der Waals surface area contributed by atoms with Crippen LogP contribution in [0, 0.1) is 0 Å². The molecule has 1 amide bonds. The Morgan fingerprint density at radius 3 is 2.61 bits per heavy atom. The van der Waals surface area contributed by atoms with Gasteiger partial charge in [0, 0.05) is 38.9 Å². The molecule has 1 N–H and O–H groups in total. The monoisotopic (exact) mass is 362 g/mol. The molecule has 2 saturated heterocycles. The van der Waals surface area contributed by atoms with Crippen LogP contribution in [0.2, 0.25) is 0 Å². The van der Waals surface area contributed by atoms with Crippen molar-refractivity contribution in [2.45, 2.75) is 19.1 Å². The van der Waals surface area contributed by atoms with Gasteiger partial charge in [0.1, 0.15) is 11.9 Å². The van der Waals surface area contributed by atoms with Crippen LogP contribution in [0.3, 0.4) is 0 Å². The first-order valence-electron chi connectivity index (χ1n) is 7.55. The molecule has 0 aromatic carbocycles. The molecule has 0 radical (unpaired) electrons. The van der Waals surface area contributed by atoms with E-state index in [9.17, 15) is 4.79 Å². The Hall–Kier alpha value is -1.08. The van der Waals surface area contributed by atoms with E-state index in [2.05, 4.69) is 15.2 Å². The first kappa shape index (κ1) is 20.0. The number of halogens is 2. The van der Waals surface area contributed by atoms with Crippen molar-refractivity contribution in [2.24, 2.45) is 0 Å². The molecular weight excluding hydrogens is 339 g/mol. The lowest BCUT2D eigenvalue weighted by Gasteiger charge is -2.39. The van der Waals surface area contributed by atoms with Gasteiger partial charge in [-0.05, 0) is 19.1 Å². The fourth-order valence-corrected chi connectivity index (χ4v) is 2.90. The van der Waals surface area contributed by atoms with E-state index < -0.39 is 0 Å². The summed E-state index contributed by atoms with van der Waals surface area (Å²) in [7, 11) is 0. The molecule has 130 valence electrons. The maximum absolute atomic E-state index is 12.6. The number of nitrogens with zero attached hydrogens (tertiary/aromatic N) is 3. The molecule has 0 aliphatic carbocycles. The fraction of sp³-hybridized carbons (Fsp3) is 0.600. The van der Waals surface area contributed by atoms with Gasteiger partial charge in [-0.1, -0.05) is 6.07 Å². The zero-order valence-electron chi connectivity index (χ0n) is 13.2. The molecule has 2 aliphatic rings. The second-order valence-corrected chi connectivity index (χ2v) is 5.51. The van der Waals surface area contributed by atoms with Gasteiger partial charge in [-0.2, -0.15) is 0 Å². The number of hydrogen-bond acceptors (Lipinski definition) is 5. The number of hydrogen-bond donors (Lipinski definition) is 1. The largest absolute Gasteiger partial charge is 0.375 e. The topological polar surface area (TPSA) is 57.7 Å². The number of carbonyl (C=O) groups is 1. The zero-order chi connectivity index (χ0) is 14.7. The Balaban J connectivity index is 0.00000132. The minimum Gasteiger partial charge on any atom is -0.375 e. The molecule has 8 heteroatoms.